The number of nitrogens with zero attached hydrogens (tertiary/aromatic N) is 1. The fourth-order valence-corrected chi connectivity index (χ4v) is 0.961. The first kappa shape index (κ1) is 9.45. The largest absolute Gasteiger partial charge is 0.478 e. The molecule has 0 unspecified atom stereocenters. The third-order valence-corrected chi connectivity index (χ3v) is 1.62. The number of hydrogen-bond donors (Lipinski definition) is 1. The Morgan fingerprint density at radius 3 is 3.08 bits per heavy atom. The van der Waals surface area contributed by atoms with Gasteiger partial charge in [0.2, 0.25) is 0 Å². The molecule has 1 aromatic heterocycles. The topological polar surface area (TPSA) is 50.2 Å². The summed E-state index contributed by atoms with van der Waals surface area (Å²) in [6.45, 7) is 2.01. The molecule has 0 aliphatic heterocycles. The number of aryl methyl sites for hydroxylation is 1. The van der Waals surface area contributed by atoms with Gasteiger partial charge in [-0.05, 0) is 30.2 Å². The van der Waals surface area contributed by atoms with E-state index in [1.807, 2.05) is 13.0 Å². The number of aromatic nitrogens is 1. The third kappa shape index (κ3) is 3.07. The van der Waals surface area contributed by atoms with Gasteiger partial charge in [0.25, 0.3) is 0 Å². The molecule has 3 nitrogen and oxygen atoms in total. The van der Waals surface area contributed by atoms with E-state index >= 15 is 0 Å². The minimum Gasteiger partial charge on any atom is -0.478 e. The molecule has 0 bridgehead atoms. The second-order valence-electron chi connectivity index (χ2n) is 2.61. The average Bonchev–Trinajstić information content (AvgIpc) is 2.15. The average molecular weight is 177 g/mol. The van der Waals surface area contributed by atoms with Crippen molar-refractivity contribution >= 4 is 12.0 Å². The minimum atomic E-state index is -0.935. The summed E-state index contributed by atoms with van der Waals surface area (Å²) in [6.07, 6.45) is 5.22. The van der Waals surface area contributed by atoms with Gasteiger partial charge in [0.15, 0.2) is 0 Å². The lowest BCUT2D eigenvalue weighted by molar-refractivity contribution is -0.131. The van der Waals surface area contributed by atoms with E-state index in [0.29, 0.717) is 0 Å². The molecule has 1 aromatic rings. The van der Waals surface area contributed by atoms with Crippen molar-refractivity contribution < 1.29 is 9.90 Å². The predicted molar refractivity (Wildman–Crippen MR) is 50.3 cm³/mol. The van der Waals surface area contributed by atoms with Gasteiger partial charge in [0.05, 0.1) is 0 Å². The summed E-state index contributed by atoms with van der Waals surface area (Å²) in [5, 5.41) is 8.40. The van der Waals surface area contributed by atoms with Gasteiger partial charge < -0.3 is 5.11 Å². The molecule has 13 heavy (non-hydrogen) atoms. The zero-order valence-electron chi connectivity index (χ0n) is 7.40. The van der Waals surface area contributed by atoms with Gasteiger partial charge >= 0.3 is 5.97 Å². The first-order valence-electron chi connectivity index (χ1n) is 4.08. The number of carbonyl (C=O) groups is 1. The molecule has 0 atom stereocenters. The highest BCUT2D eigenvalue weighted by molar-refractivity contribution is 5.85. The molecule has 0 fully saturated rings. The Bertz CT molecular complexity index is 331. The van der Waals surface area contributed by atoms with Crippen LogP contribution in [0.3, 0.4) is 0 Å². The molecular weight excluding hydrogens is 166 g/mol. The summed E-state index contributed by atoms with van der Waals surface area (Å²) in [5.74, 6) is -0.935. The van der Waals surface area contributed by atoms with Gasteiger partial charge in [-0.1, -0.05) is 6.92 Å². The van der Waals surface area contributed by atoms with Crippen LogP contribution >= 0.6 is 0 Å². The Labute approximate surface area is 76.7 Å². The minimum absolute atomic E-state index is 0.856. The molecular formula is C10H11NO2. The summed E-state index contributed by atoms with van der Waals surface area (Å²) in [6, 6.07) is 3.65. The van der Waals surface area contributed by atoms with Crippen LogP contribution in [0.2, 0.25) is 0 Å². The van der Waals surface area contributed by atoms with Gasteiger partial charge in [-0.25, -0.2) is 4.79 Å². The monoisotopic (exact) mass is 177 g/mol. The highest BCUT2D eigenvalue weighted by atomic mass is 16.4. The van der Waals surface area contributed by atoms with Gasteiger partial charge in [-0.15, -0.1) is 0 Å². The molecule has 0 aliphatic carbocycles. The van der Waals surface area contributed by atoms with Crippen LogP contribution in [0.4, 0.5) is 0 Å². The predicted octanol–water partition coefficient (Wildman–Crippen LogP) is 1.74. The van der Waals surface area contributed by atoms with Crippen LogP contribution in [-0.2, 0) is 11.2 Å². The van der Waals surface area contributed by atoms with Crippen molar-refractivity contribution in [3.63, 3.8) is 0 Å². The van der Waals surface area contributed by atoms with Crippen LogP contribution < -0.4 is 0 Å². The third-order valence-electron chi connectivity index (χ3n) is 1.62. The number of hydrogen-bond acceptors (Lipinski definition) is 2. The van der Waals surface area contributed by atoms with Crippen LogP contribution in [0.5, 0.6) is 0 Å². The molecule has 1 N–H and O–H groups in total. The lowest BCUT2D eigenvalue weighted by Crippen LogP contribution is -1.88. The number of pyridine rings is 1. The van der Waals surface area contributed by atoms with Crippen molar-refractivity contribution in [1.82, 2.24) is 4.98 Å². The maximum Gasteiger partial charge on any atom is 0.328 e. The summed E-state index contributed by atoms with van der Waals surface area (Å²) < 4.78 is 0. The summed E-state index contributed by atoms with van der Waals surface area (Å²) in [5.41, 5.74) is 1.83. The van der Waals surface area contributed by atoms with Crippen molar-refractivity contribution in [3.8, 4) is 0 Å². The zero-order chi connectivity index (χ0) is 9.68. The molecule has 1 rings (SSSR count). The van der Waals surface area contributed by atoms with Crippen LogP contribution in [-0.4, -0.2) is 16.1 Å². The Kier molecular flexibility index (Phi) is 3.20. The van der Waals surface area contributed by atoms with E-state index in [0.717, 1.165) is 23.8 Å². The number of carboxylic acids is 1. The van der Waals surface area contributed by atoms with E-state index in [4.69, 9.17) is 5.11 Å². The van der Waals surface area contributed by atoms with Gasteiger partial charge in [-0.2, -0.15) is 0 Å². The van der Waals surface area contributed by atoms with Crippen LogP contribution in [0.1, 0.15) is 18.2 Å². The van der Waals surface area contributed by atoms with E-state index in [9.17, 15) is 4.79 Å². The van der Waals surface area contributed by atoms with E-state index in [-0.39, 0.29) is 0 Å². The van der Waals surface area contributed by atoms with E-state index in [1.165, 1.54) is 0 Å². The van der Waals surface area contributed by atoms with Crippen LogP contribution in [0.15, 0.2) is 24.4 Å². The fraction of sp³-hybridized carbons (Fsp3) is 0.200. The molecule has 0 radical (unpaired) electrons. The normalized spacial score (nSPS) is 10.5. The standard InChI is InChI=1S/C10H11NO2/c1-2-9-7-8(5-6-11-9)3-4-10(12)13/h3-7H,2H2,1H3,(H,12,13). The highest BCUT2D eigenvalue weighted by Crippen LogP contribution is 2.04. The molecule has 0 amide bonds. The van der Waals surface area contributed by atoms with Crippen molar-refractivity contribution in [3.05, 3.63) is 35.7 Å². The molecule has 1 heterocycles. The van der Waals surface area contributed by atoms with E-state index < -0.39 is 5.97 Å². The Balaban J connectivity index is 2.83. The van der Waals surface area contributed by atoms with Crippen molar-refractivity contribution in [1.29, 1.82) is 0 Å². The summed E-state index contributed by atoms with van der Waals surface area (Å²) in [7, 11) is 0. The quantitative estimate of drug-likeness (QED) is 0.715. The second-order valence-corrected chi connectivity index (χ2v) is 2.61. The molecule has 0 saturated carbocycles. The smallest absolute Gasteiger partial charge is 0.328 e. The fourth-order valence-electron chi connectivity index (χ4n) is 0.961. The molecule has 0 aliphatic rings. The number of rotatable bonds is 3. The molecule has 0 spiro atoms. The number of carboxylic acid groups (broad SMARTS) is 1. The molecule has 0 aromatic carbocycles. The maximum absolute atomic E-state index is 10.2. The van der Waals surface area contributed by atoms with Crippen LogP contribution in [0.25, 0.3) is 6.08 Å². The molecule has 68 valence electrons. The second kappa shape index (κ2) is 4.40. The van der Waals surface area contributed by atoms with Gasteiger partial charge in [0.1, 0.15) is 0 Å². The first-order chi connectivity index (χ1) is 6.22. The Hall–Kier alpha value is -1.64. The van der Waals surface area contributed by atoms with Gasteiger partial charge in [0, 0.05) is 18.0 Å². The SMILES string of the molecule is CCc1cc(C=CC(=O)O)ccn1. The molecule has 3 heteroatoms. The Morgan fingerprint density at radius 2 is 2.46 bits per heavy atom. The van der Waals surface area contributed by atoms with Gasteiger partial charge in [-0.3, -0.25) is 4.98 Å². The Morgan fingerprint density at radius 1 is 1.69 bits per heavy atom. The van der Waals surface area contributed by atoms with Crippen molar-refractivity contribution in [2.45, 2.75) is 13.3 Å². The lowest BCUT2D eigenvalue weighted by atomic mass is 10.2. The zero-order valence-corrected chi connectivity index (χ0v) is 7.40. The number of aliphatic carboxylic acids is 1. The molecule has 0 saturated heterocycles. The van der Waals surface area contributed by atoms with E-state index in [1.54, 1.807) is 18.3 Å². The van der Waals surface area contributed by atoms with Crippen molar-refractivity contribution in [2.75, 3.05) is 0 Å². The van der Waals surface area contributed by atoms with Crippen molar-refractivity contribution in [2.24, 2.45) is 0 Å². The summed E-state index contributed by atoms with van der Waals surface area (Å²) >= 11 is 0. The van der Waals surface area contributed by atoms with Crippen LogP contribution in [0, 0.1) is 0 Å². The summed E-state index contributed by atoms with van der Waals surface area (Å²) in [4.78, 5) is 14.3. The first-order valence-corrected chi connectivity index (χ1v) is 4.08. The van der Waals surface area contributed by atoms with E-state index in [2.05, 4.69) is 4.98 Å². The highest BCUT2D eigenvalue weighted by Gasteiger charge is 1.92. The lowest BCUT2D eigenvalue weighted by Gasteiger charge is -1.96. The maximum atomic E-state index is 10.2.